The number of hydrogen-bond donors (Lipinski definition) is 1. The van der Waals surface area contributed by atoms with Gasteiger partial charge in [-0.15, -0.1) is 0 Å². The molecule has 2 aromatic carbocycles. The van der Waals surface area contributed by atoms with Crippen molar-refractivity contribution < 1.29 is 19.0 Å². The van der Waals surface area contributed by atoms with Gasteiger partial charge in [0.25, 0.3) is 0 Å². The van der Waals surface area contributed by atoms with Crippen LogP contribution in [0.25, 0.3) is 16.5 Å². The molecule has 2 heterocycles. The van der Waals surface area contributed by atoms with Gasteiger partial charge in [0.15, 0.2) is 0 Å². The summed E-state index contributed by atoms with van der Waals surface area (Å²) in [5.74, 6) is 1.19. The largest absolute Gasteiger partial charge is 0.468 e. The van der Waals surface area contributed by atoms with Crippen molar-refractivity contribution in [3.63, 3.8) is 0 Å². The molecule has 1 saturated heterocycles. The summed E-state index contributed by atoms with van der Waals surface area (Å²) in [6.07, 6.45) is 0. The lowest BCUT2D eigenvalue weighted by atomic mass is 10.0. The van der Waals surface area contributed by atoms with Crippen LogP contribution < -0.4 is 10.1 Å². The number of benzene rings is 2. The molecule has 0 amide bonds. The van der Waals surface area contributed by atoms with E-state index in [2.05, 4.69) is 22.9 Å². The fourth-order valence-electron chi connectivity index (χ4n) is 3.90. The van der Waals surface area contributed by atoms with Crippen LogP contribution in [0.5, 0.6) is 11.5 Å². The number of ether oxygens (including phenoxy) is 3. The van der Waals surface area contributed by atoms with E-state index in [4.69, 9.17) is 19.2 Å². The van der Waals surface area contributed by atoms with Gasteiger partial charge in [-0.1, -0.05) is 30.8 Å². The smallest absolute Gasteiger partial charge is 0.325 e. The summed E-state index contributed by atoms with van der Waals surface area (Å²) in [7, 11) is 1.36. The molecule has 1 aliphatic heterocycles. The number of aryl methyl sites for hydroxylation is 1. The van der Waals surface area contributed by atoms with E-state index in [0.29, 0.717) is 25.5 Å². The molecule has 1 aromatic heterocycles. The normalized spacial score (nSPS) is 14.1. The minimum absolute atomic E-state index is 0.0388. The van der Waals surface area contributed by atoms with Crippen molar-refractivity contribution in [2.45, 2.75) is 13.5 Å². The molecule has 172 valence electrons. The Morgan fingerprint density at radius 1 is 1.12 bits per heavy atom. The van der Waals surface area contributed by atoms with Gasteiger partial charge in [0.2, 0.25) is 0 Å². The zero-order chi connectivity index (χ0) is 23.2. The Kier molecular flexibility index (Phi) is 7.22. The fourth-order valence-corrected chi connectivity index (χ4v) is 3.90. The molecule has 4 rings (SSSR count). The lowest BCUT2D eigenvalue weighted by molar-refractivity contribution is -0.139. The number of aromatic nitrogens is 1. The Morgan fingerprint density at radius 3 is 2.61 bits per heavy atom. The third-order valence-corrected chi connectivity index (χ3v) is 5.72. The predicted octanol–water partition coefficient (Wildman–Crippen LogP) is 3.90. The van der Waals surface area contributed by atoms with Crippen molar-refractivity contribution in [1.82, 2.24) is 15.2 Å². The molecule has 0 radical (unpaired) electrons. The first kappa shape index (κ1) is 22.8. The minimum atomic E-state index is -0.356. The molecule has 7 heteroatoms. The van der Waals surface area contributed by atoms with Gasteiger partial charge in [0.05, 0.1) is 37.4 Å². The highest BCUT2D eigenvalue weighted by molar-refractivity contribution is 5.91. The highest BCUT2D eigenvalue weighted by Gasteiger charge is 2.18. The maximum atomic E-state index is 11.6. The van der Waals surface area contributed by atoms with Crippen LogP contribution >= 0.6 is 0 Å². The number of carbonyl (C=O) groups excluding carboxylic acids is 1. The number of para-hydroxylation sites is 1. The van der Waals surface area contributed by atoms with Crippen LogP contribution in [0.2, 0.25) is 0 Å². The summed E-state index contributed by atoms with van der Waals surface area (Å²) in [6, 6.07) is 15.8. The van der Waals surface area contributed by atoms with Crippen molar-refractivity contribution >= 4 is 22.4 Å². The maximum Gasteiger partial charge on any atom is 0.325 e. The monoisotopic (exact) mass is 447 g/mol. The van der Waals surface area contributed by atoms with Crippen LogP contribution in [0.1, 0.15) is 17.0 Å². The van der Waals surface area contributed by atoms with E-state index in [1.807, 2.05) is 49.4 Å². The summed E-state index contributed by atoms with van der Waals surface area (Å²) in [4.78, 5) is 18.9. The first-order chi connectivity index (χ1) is 16.0. The van der Waals surface area contributed by atoms with Crippen molar-refractivity contribution in [3.05, 3.63) is 72.1 Å². The van der Waals surface area contributed by atoms with Gasteiger partial charge in [0, 0.05) is 25.0 Å². The number of nitrogens with one attached hydrogen (secondary N) is 1. The molecule has 0 unspecified atom stereocenters. The number of hydrogen-bond acceptors (Lipinski definition) is 7. The van der Waals surface area contributed by atoms with Crippen LogP contribution in [0.3, 0.4) is 0 Å². The highest BCUT2D eigenvalue weighted by atomic mass is 16.5. The highest BCUT2D eigenvalue weighted by Crippen LogP contribution is 2.32. The van der Waals surface area contributed by atoms with Crippen molar-refractivity contribution in [3.8, 4) is 11.5 Å². The van der Waals surface area contributed by atoms with Gasteiger partial charge in [-0.05, 0) is 42.1 Å². The molecular weight excluding hydrogens is 418 g/mol. The van der Waals surface area contributed by atoms with Gasteiger partial charge in [0.1, 0.15) is 18.0 Å². The van der Waals surface area contributed by atoms with Crippen LogP contribution in [-0.4, -0.2) is 55.8 Å². The van der Waals surface area contributed by atoms with Crippen molar-refractivity contribution in [2.75, 3.05) is 40.0 Å². The van der Waals surface area contributed by atoms with Gasteiger partial charge in [-0.2, -0.15) is 0 Å². The molecule has 3 aromatic rings. The molecule has 7 nitrogen and oxygen atoms in total. The van der Waals surface area contributed by atoms with Crippen LogP contribution in [-0.2, 0) is 20.8 Å². The molecule has 1 aliphatic rings. The average Bonchev–Trinajstić information content (AvgIpc) is 2.85. The maximum absolute atomic E-state index is 11.6. The van der Waals surface area contributed by atoms with Crippen LogP contribution in [0, 0.1) is 6.92 Å². The van der Waals surface area contributed by atoms with Crippen molar-refractivity contribution in [2.24, 2.45) is 0 Å². The second kappa shape index (κ2) is 10.5. The lowest BCUT2D eigenvalue weighted by Crippen LogP contribution is -2.36. The molecule has 1 fully saturated rings. The molecule has 1 N–H and O–H groups in total. The summed E-state index contributed by atoms with van der Waals surface area (Å²) in [6.45, 7) is 10.0. The quantitative estimate of drug-likeness (QED) is 0.525. The lowest BCUT2D eigenvalue weighted by Gasteiger charge is -2.27. The number of carbonyl (C=O) groups is 1. The first-order valence-electron chi connectivity index (χ1n) is 11.0. The summed E-state index contributed by atoms with van der Waals surface area (Å²) in [5.41, 5.74) is 3.26. The van der Waals surface area contributed by atoms with Gasteiger partial charge >= 0.3 is 5.97 Å². The molecular formula is C26H29N3O4. The topological polar surface area (TPSA) is 72.9 Å². The number of fused-ring (bicyclic) bond motifs is 1. The zero-order valence-corrected chi connectivity index (χ0v) is 19.1. The van der Waals surface area contributed by atoms with Crippen LogP contribution in [0.4, 0.5) is 0 Å². The van der Waals surface area contributed by atoms with Crippen molar-refractivity contribution in [1.29, 1.82) is 0 Å². The van der Waals surface area contributed by atoms with E-state index >= 15 is 0 Å². The predicted molar refractivity (Wildman–Crippen MR) is 128 cm³/mol. The summed E-state index contributed by atoms with van der Waals surface area (Å²) < 4.78 is 16.3. The number of morpholine rings is 1. The Labute approximate surface area is 194 Å². The Morgan fingerprint density at radius 2 is 1.88 bits per heavy atom. The van der Waals surface area contributed by atoms with E-state index in [1.165, 1.54) is 7.11 Å². The minimum Gasteiger partial charge on any atom is -0.468 e. The number of rotatable bonds is 8. The Hall–Kier alpha value is -3.42. The first-order valence-corrected chi connectivity index (χ1v) is 11.0. The molecule has 0 atom stereocenters. The van der Waals surface area contributed by atoms with E-state index in [-0.39, 0.29) is 12.5 Å². The molecule has 33 heavy (non-hydrogen) atoms. The van der Waals surface area contributed by atoms with Gasteiger partial charge in [-0.25, -0.2) is 4.98 Å². The molecule has 0 spiro atoms. The number of methoxy groups -OCH3 is 1. The number of nitrogens with zero attached hydrogens (tertiary/aromatic N) is 2. The second-order valence-electron chi connectivity index (χ2n) is 7.95. The number of pyridine rings is 1. The summed E-state index contributed by atoms with van der Waals surface area (Å²) in [5, 5.41) is 5.15. The van der Waals surface area contributed by atoms with Gasteiger partial charge in [-0.3, -0.25) is 9.69 Å². The Bertz CT molecular complexity index is 1140. The Balaban J connectivity index is 1.71. The van der Waals surface area contributed by atoms with E-state index in [1.54, 1.807) is 0 Å². The molecule has 0 aliphatic carbocycles. The van der Waals surface area contributed by atoms with E-state index in [9.17, 15) is 4.79 Å². The van der Waals surface area contributed by atoms with E-state index < -0.39 is 0 Å². The SMILES string of the molecule is C=C(NCC(=O)OC)c1nc(CN2CCOCC2)c2cc(Oc3ccccc3)ccc2c1C. The zero-order valence-electron chi connectivity index (χ0n) is 19.1. The standard InChI is InChI=1S/C26H29N3O4/c1-18-22-10-9-21(33-20-7-5-4-6-8-20)15-23(22)24(17-29-11-13-32-14-12-29)28-26(18)19(2)27-16-25(30)31-3/h4-10,15,27H,2,11-14,16-17H2,1,3H3. The van der Waals surface area contributed by atoms with Gasteiger partial charge < -0.3 is 19.5 Å². The molecule has 0 saturated carbocycles. The third kappa shape index (κ3) is 5.50. The average molecular weight is 448 g/mol. The summed E-state index contributed by atoms with van der Waals surface area (Å²) >= 11 is 0. The van der Waals surface area contributed by atoms with Crippen LogP contribution in [0.15, 0.2) is 55.1 Å². The fraction of sp³-hybridized carbons (Fsp3) is 0.308. The second-order valence-corrected chi connectivity index (χ2v) is 7.95. The molecule has 0 bridgehead atoms. The third-order valence-electron chi connectivity index (χ3n) is 5.72. The number of esters is 1. The van der Waals surface area contributed by atoms with E-state index in [0.717, 1.165) is 52.3 Å².